The fraction of sp³-hybridized carbons (Fsp3) is 0.538. The smallest absolute Gasteiger partial charge is 0.246 e. The van der Waals surface area contributed by atoms with E-state index >= 15 is 0 Å². The first-order chi connectivity index (χ1) is 9.24. The monoisotopic (exact) mass is 302 g/mol. The summed E-state index contributed by atoms with van der Waals surface area (Å²) in [6.07, 6.45) is 0.346. The highest BCUT2D eigenvalue weighted by molar-refractivity contribution is 7.89. The molecule has 20 heavy (non-hydrogen) atoms. The number of likely N-dealkylation sites (N-methyl/N-ethyl adjacent to an activating group) is 1. The number of aliphatic hydroxyl groups is 1. The summed E-state index contributed by atoms with van der Waals surface area (Å²) in [5.41, 5.74) is -1.08. The summed E-state index contributed by atoms with van der Waals surface area (Å²) >= 11 is 0. The molecule has 0 spiro atoms. The van der Waals surface area contributed by atoms with Gasteiger partial charge in [-0.15, -0.1) is 0 Å². The van der Waals surface area contributed by atoms with Gasteiger partial charge in [-0.2, -0.15) is 4.31 Å². The molecule has 7 heteroatoms. The molecule has 0 aliphatic carbocycles. The highest BCUT2D eigenvalue weighted by atomic mass is 32.2. The maximum atomic E-state index is 13.7. The van der Waals surface area contributed by atoms with Crippen LogP contribution < -0.4 is 0 Å². The van der Waals surface area contributed by atoms with Crippen LogP contribution in [0.25, 0.3) is 0 Å². The van der Waals surface area contributed by atoms with Gasteiger partial charge in [0.2, 0.25) is 10.0 Å². The van der Waals surface area contributed by atoms with E-state index < -0.39 is 21.4 Å². The molecule has 1 fully saturated rings. The number of β-amino-alcohol motifs (C(OH)–C–C–N with tert-alkyl or cyclic N) is 1. The number of nitrogens with zero attached hydrogens (tertiary/aromatic N) is 2. The lowest BCUT2D eigenvalue weighted by Crippen LogP contribution is -2.43. The number of sulfonamides is 1. The SMILES string of the molecule is CN(C)C[C@@]1(O)CCN(S(=O)(=O)c2ccccc2F)C1. The summed E-state index contributed by atoms with van der Waals surface area (Å²) in [6, 6.07) is 5.29. The molecule has 1 heterocycles. The van der Waals surface area contributed by atoms with Crippen molar-refractivity contribution in [3.8, 4) is 0 Å². The molecule has 0 radical (unpaired) electrons. The van der Waals surface area contributed by atoms with Crippen LogP contribution in [0.5, 0.6) is 0 Å². The van der Waals surface area contributed by atoms with Gasteiger partial charge in [-0.3, -0.25) is 0 Å². The molecule has 112 valence electrons. The Morgan fingerprint density at radius 1 is 1.40 bits per heavy atom. The lowest BCUT2D eigenvalue weighted by atomic mass is 10.0. The molecule has 1 aromatic rings. The molecule has 1 atom stereocenters. The molecule has 0 amide bonds. The van der Waals surface area contributed by atoms with Crippen molar-refractivity contribution in [1.29, 1.82) is 0 Å². The van der Waals surface area contributed by atoms with Gasteiger partial charge in [0.15, 0.2) is 0 Å². The van der Waals surface area contributed by atoms with Gasteiger partial charge in [-0.25, -0.2) is 12.8 Å². The summed E-state index contributed by atoms with van der Waals surface area (Å²) in [4.78, 5) is 1.47. The normalized spacial score (nSPS) is 24.4. The van der Waals surface area contributed by atoms with Gasteiger partial charge in [0.05, 0.1) is 5.60 Å². The lowest BCUT2D eigenvalue weighted by Gasteiger charge is -2.26. The number of hydrogen-bond acceptors (Lipinski definition) is 4. The van der Waals surface area contributed by atoms with Crippen molar-refractivity contribution in [3.63, 3.8) is 0 Å². The zero-order valence-electron chi connectivity index (χ0n) is 11.6. The van der Waals surface area contributed by atoms with E-state index in [0.29, 0.717) is 13.0 Å². The van der Waals surface area contributed by atoms with Crippen molar-refractivity contribution in [3.05, 3.63) is 30.1 Å². The van der Waals surface area contributed by atoms with Crippen LogP contribution in [0.4, 0.5) is 4.39 Å². The Morgan fingerprint density at radius 3 is 2.65 bits per heavy atom. The van der Waals surface area contributed by atoms with Crippen LogP contribution in [0.1, 0.15) is 6.42 Å². The van der Waals surface area contributed by atoms with E-state index in [-0.39, 0.29) is 18.0 Å². The van der Waals surface area contributed by atoms with Gasteiger partial charge in [-0.05, 0) is 32.6 Å². The average molecular weight is 302 g/mol. The fourth-order valence-corrected chi connectivity index (χ4v) is 4.12. The summed E-state index contributed by atoms with van der Waals surface area (Å²) in [6.45, 7) is 0.555. The molecular formula is C13H19FN2O3S. The van der Waals surface area contributed by atoms with Crippen LogP contribution in [0.15, 0.2) is 29.2 Å². The van der Waals surface area contributed by atoms with E-state index in [1.807, 2.05) is 14.1 Å². The van der Waals surface area contributed by atoms with Crippen LogP contribution in [0.2, 0.25) is 0 Å². The van der Waals surface area contributed by atoms with Crippen LogP contribution in [0.3, 0.4) is 0 Å². The second-order valence-electron chi connectivity index (χ2n) is 5.48. The summed E-state index contributed by atoms with van der Waals surface area (Å²) in [5.74, 6) is -0.768. The third-order valence-corrected chi connectivity index (χ3v) is 5.24. The fourth-order valence-electron chi connectivity index (χ4n) is 2.54. The Kier molecular flexibility index (Phi) is 4.15. The number of hydrogen-bond donors (Lipinski definition) is 1. The molecule has 1 N–H and O–H groups in total. The van der Waals surface area contributed by atoms with E-state index in [1.54, 1.807) is 4.90 Å². The minimum absolute atomic E-state index is 0.0121. The molecule has 1 saturated heterocycles. The summed E-state index contributed by atoms with van der Waals surface area (Å²) in [5, 5.41) is 10.4. The quantitative estimate of drug-likeness (QED) is 0.880. The van der Waals surface area contributed by atoms with Gasteiger partial charge < -0.3 is 10.0 Å². The van der Waals surface area contributed by atoms with Crippen molar-refractivity contribution < 1.29 is 17.9 Å². The number of halogens is 1. The van der Waals surface area contributed by atoms with E-state index in [4.69, 9.17) is 0 Å². The van der Waals surface area contributed by atoms with Crippen LogP contribution in [0, 0.1) is 5.82 Å². The molecule has 2 rings (SSSR count). The molecule has 0 saturated carbocycles. The Morgan fingerprint density at radius 2 is 2.05 bits per heavy atom. The van der Waals surface area contributed by atoms with Crippen LogP contribution >= 0.6 is 0 Å². The van der Waals surface area contributed by atoms with Crippen molar-refractivity contribution in [2.24, 2.45) is 0 Å². The van der Waals surface area contributed by atoms with Crippen molar-refractivity contribution in [2.45, 2.75) is 16.9 Å². The third-order valence-electron chi connectivity index (χ3n) is 3.36. The van der Waals surface area contributed by atoms with Crippen molar-refractivity contribution in [1.82, 2.24) is 9.21 Å². The Balaban J connectivity index is 2.23. The average Bonchev–Trinajstić information content (AvgIpc) is 2.71. The molecule has 1 aliphatic heterocycles. The Hall–Kier alpha value is -1.02. The van der Waals surface area contributed by atoms with Crippen LogP contribution in [-0.2, 0) is 10.0 Å². The highest BCUT2D eigenvalue weighted by Crippen LogP contribution is 2.28. The predicted molar refractivity (Wildman–Crippen MR) is 73.3 cm³/mol. The molecular weight excluding hydrogens is 283 g/mol. The third kappa shape index (κ3) is 3.01. The molecule has 5 nitrogen and oxygen atoms in total. The Bertz CT molecular complexity index is 591. The standard InChI is InChI=1S/C13H19FN2O3S/c1-15(2)9-13(17)7-8-16(10-13)20(18,19)12-6-4-3-5-11(12)14/h3-6,17H,7-10H2,1-2H3/t13-/m0/s1. The van der Waals surface area contributed by atoms with Crippen molar-refractivity contribution >= 4 is 10.0 Å². The van der Waals surface area contributed by atoms with Gasteiger partial charge in [-0.1, -0.05) is 12.1 Å². The highest BCUT2D eigenvalue weighted by Gasteiger charge is 2.42. The van der Waals surface area contributed by atoms with Crippen molar-refractivity contribution in [2.75, 3.05) is 33.7 Å². The van der Waals surface area contributed by atoms with Gasteiger partial charge in [0.25, 0.3) is 0 Å². The largest absolute Gasteiger partial charge is 0.387 e. The molecule has 0 bridgehead atoms. The van der Waals surface area contributed by atoms with Crippen LogP contribution in [-0.4, -0.2) is 62.1 Å². The van der Waals surface area contributed by atoms with Gasteiger partial charge in [0, 0.05) is 19.6 Å². The minimum Gasteiger partial charge on any atom is -0.387 e. The zero-order valence-corrected chi connectivity index (χ0v) is 12.4. The van der Waals surface area contributed by atoms with E-state index in [0.717, 1.165) is 10.4 Å². The molecule has 1 aromatic carbocycles. The summed E-state index contributed by atoms with van der Waals surface area (Å²) < 4.78 is 39.6. The van der Waals surface area contributed by atoms with E-state index in [1.165, 1.54) is 18.2 Å². The topological polar surface area (TPSA) is 60.9 Å². The summed E-state index contributed by atoms with van der Waals surface area (Å²) in [7, 11) is -0.273. The maximum Gasteiger partial charge on any atom is 0.246 e. The Labute approximate surface area is 118 Å². The number of benzene rings is 1. The minimum atomic E-state index is -3.90. The molecule has 1 aliphatic rings. The predicted octanol–water partition coefficient (Wildman–Crippen LogP) is 0.513. The second kappa shape index (κ2) is 5.40. The zero-order chi connectivity index (χ0) is 15.0. The second-order valence-corrected chi connectivity index (χ2v) is 7.39. The molecule has 0 unspecified atom stereocenters. The molecule has 0 aromatic heterocycles. The first kappa shape index (κ1) is 15.4. The maximum absolute atomic E-state index is 13.7. The van der Waals surface area contributed by atoms with E-state index in [2.05, 4.69) is 0 Å². The van der Waals surface area contributed by atoms with E-state index in [9.17, 15) is 17.9 Å². The van der Waals surface area contributed by atoms with Gasteiger partial charge in [0.1, 0.15) is 10.7 Å². The first-order valence-electron chi connectivity index (χ1n) is 6.36. The lowest BCUT2D eigenvalue weighted by molar-refractivity contribution is 0.0302. The first-order valence-corrected chi connectivity index (χ1v) is 7.80. The van der Waals surface area contributed by atoms with Gasteiger partial charge >= 0.3 is 0 Å². The number of rotatable bonds is 4.